The van der Waals surface area contributed by atoms with Crippen molar-refractivity contribution in [3.05, 3.63) is 87.4 Å². The van der Waals surface area contributed by atoms with Crippen LogP contribution in [0.3, 0.4) is 0 Å². The second-order valence-corrected chi connectivity index (χ2v) is 7.92. The number of halogens is 2. The molecule has 0 spiro atoms. The molecular weight excluding hydrogens is 512 g/mol. The molecule has 0 bridgehead atoms. The molecular formula is C24H20BrClN2O5. The molecule has 0 atom stereocenters. The SMILES string of the molecule is CCOc1ccc(C(=O)Oc2ccc(Br)cc2/C=N/NC(=O)COc2ccc(Cl)cc2)cc1. The predicted octanol–water partition coefficient (Wildman–Crippen LogP) is 5.25. The zero-order valence-electron chi connectivity index (χ0n) is 17.6. The van der Waals surface area contributed by atoms with Crippen molar-refractivity contribution in [2.75, 3.05) is 13.2 Å². The Bertz CT molecular complexity index is 1130. The zero-order chi connectivity index (χ0) is 23.6. The number of esters is 1. The van der Waals surface area contributed by atoms with Crippen molar-refractivity contribution >= 4 is 45.6 Å². The summed E-state index contributed by atoms with van der Waals surface area (Å²) < 4.78 is 17.0. The molecule has 170 valence electrons. The van der Waals surface area contributed by atoms with E-state index in [2.05, 4.69) is 26.5 Å². The van der Waals surface area contributed by atoms with Gasteiger partial charge in [-0.3, -0.25) is 4.79 Å². The van der Waals surface area contributed by atoms with E-state index in [0.29, 0.717) is 34.3 Å². The van der Waals surface area contributed by atoms with Crippen molar-refractivity contribution in [2.24, 2.45) is 5.10 Å². The summed E-state index contributed by atoms with van der Waals surface area (Å²) in [6.45, 7) is 2.19. The number of hydrogen-bond donors (Lipinski definition) is 1. The van der Waals surface area contributed by atoms with Crippen molar-refractivity contribution in [1.29, 1.82) is 0 Å². The van der Waals surface area contributed by atoms with E-state index in [-0.39, 0.29) is 12.4 Å². The second-order valence-electron chi connectivity index (χ2n) is 6.56. The molecule has 0 saturated heterocycles. The molecule has 0 fully saturated rings. The summed E-state index contributed by atoms with van der Waals surface area (Å²) in [6.07, 6.45) is 1.38. The third kappa shape index (κ3) is 7.62. The van der Waals surface area contributed by atoms with Crippen molar-refractivity contribution in [1.82, 2.24) is 5.43 Å². The summed E-state index contributed by atoms with van der Waals surface area (Å²) in [7, 11) is 0. The van der Waals surface area contributed by atoms with E-state index in [9.17, 15) is 9.59 Å². The van der Waals surface area contributed by atoms with Crippen molar-refractivity contribution < 1.29 is 23.8 Å². The summed E-state index contributed by atoms with van der Waals surface area (Å²) in [6, 6.07) is 18.4. The van der Waals surface area contributed by atoms with Crippen LogP contribution in [0, 0.1) is 0 Å². The molecule has 0 aliphatic heterocycles. The summed E-state index contributed by atoms with van der Waals surface area (Å²) in [5, 5.41) is 4.50. The smallest absolute Gasteiger partial charge is 0.343 e. The van der Waals surface area contributed by atoms with E-state index in [1.807, 2.05) is 6.92 Å². The predicted molar refractivity (Wildman–Crippen MR) is 129 cm³/mol. The number of hydrazone groups is 1. The van der Waals surface area contributed by atoms with E-state index >= 15 is 0 Å². The summed E-state index contributed by atoms with van der Waals surface area (Å²) in [4.78, 5) is 24.5. The van der Waals surface area contributed by atoms with E-state index in [4.69, 9.17) is 25.8 Å². The van der Waals surface area contributed by atoms with Crippen molar-refractivity contribution in [3.8, 4) is 17.2 Å². The highest BCUT2D eigenvalue weighted by Crippen LogP contribution is 2.23. The molecule has 9 heteroatoms. The molecule has 33 heavy (non-hydrogen) atoms. The fourth-order valence-corrected chi connectivity index (χ4v) is 3.12. The Kier molecular flexibility index (Phi) is 8.86. The fraction of sp³-hybridized carbons (Fsp3) is 0.125. The lowest BCUT2D eigenvalue weighted by molar-refractivity contribution is -0.123. The van der Waals surface area contributed by atoms with Gasteiger partial charge in [0.15, 0.2) is 6.61 Å². The number of hydrogen-bond acceptors (Lipinski definition) is 6. The molecule has 3 aromatic rings. The monoisotopic (exact) mass is 530 g/mol. The standard InChI is InChI=1S/C24H20BrClN2O5/c1-2-31-20-8-3-16(4-9-20)24(30)33-22-12-5-18(25)13-17(22)14-27-28-23(29)15-32-21-10-6-19(26)7-11-21/h3-14H,2,15H2,1H3,(H,28,29)/b27-14+. The molecule has 0 aliphatic rings. The minimum atomic E-state index is -0.532. The van der Waals surface area contributed by atoms with Gasteiger partial charge in [0.25, 0.3) is 5.91 Å². The Morgan fingerprint density at radius 3 is 2.36 bits per heavy atom. The number of ether oxygens (including phenoxy) is 3. The Balaban J connectivity index is 1.60. The van der Waals surface area contributed by atoms with Crippen LogP contribution in [0.2, 0.25) is 5.02 Å². The molecule has 0 aromatic heterocycles. The van der Waals surface area contributed by atoms with Gasteiger partial charge in [-0.05, 0) is 73.7 Å². The minimum Gasteiger partial charge on any atom is -0.494 e. The number of carbonyl (C=O) groups excluding carboxylic acids is 2. The van der Waals surface area contributed by atoms with Crippen molar-refractivity contribution in [2.45, 2.75) is 6.92 Å². The number of rotatable bonds is 9. The number of nitrogens with one attached hydrogen (secondary N) is 1. The highest BCUT2D eigenvalue weighted by Gasteiger charge is 2.12. The maximum atomic E-state index is 12.5. The van der Waals surface area contributed by atoms with Crippen LogP contribution < -0.4 is 19.6 Å². The topological polar surface area (TPSA) is 86.2 Å². The molecule has 1 N–H and O–H groups in total. The molecule has 3 rings (SSSR count). The Hall–Kier alpha value is -3.36. The van der Waals surface area contributed by atoms with Gasteiger partial charge in [-0.25, -0.2) is 10.2 Å². The van der Waals surface area contributed by atoms with Gasteiger partial charge < -0.3 is 14.2 Å². The maximum Gasteiger partial charge on any atom is 0.343 e. The Labute approximate surface area is 204 Å². The van der Waals surface area contributed by atoms with E-state index in [1.54, 1.807) is 66.7 Å². The Morgan fingerprint density at radius 1 is 1.00 bits per heavy atom. The average Bonchev–Trinajstić information content (AvgIpc) is 2.81. The van der Waals surface area contributed by atoms with Crippen LogP contribution in [0.25, 0.3) is 0 Å². The average molecular weight is 532 g/mol. The van der Waals surface area contributed by atoms with E-state index in [0.717, 1.165) is 4.47 Å². The van der Waals surface area contributed by atoms with Crippen LogP contribution in [0.4, 0.5) is 0 Å². The van der Waals surface area contributed by atoms with Gasteiger partial charge in [-0.15, -0.1) is 0 Å². The number of amides is 1. The molecule has 0 unspecified atom stereocenters. The fourth-order valence-electron chi connectivity index (χ4n) is 2.61. The first kappa shape index (κ1) is 24.3. The summed E-state index contributed by atoms with van der Waals surface area (Å²) in [5.41, 5.74) is 3.23. The van der Waals surface area contributed by atoms with Crippen LogP contribution in [0.15, 0.2) is 76.3 Å². The lowest BCUT2D eigenvalue weighted by Crippen LogP contribution is -2.24. The van der Waals surface area contributed by atoms with Gasteiger partial charge in [0.05, 0.1) is 18.4 Å². The maximum absolute atomic E-state index is 12.5. The van der Waals surface area contributed by atoms with Crippen LogP contribution in [0.1, 0.15) is 22.8 Å². The molecule has 3 aromatic carbocycles. The van der Waals surface area contributed by atoms with Gasteiger partial charge in [-0.1, -0.05) is 27.5 Å². The largest absolute Gasteiger partial charge is 0.494 e. The summed E-state index contributed by atoms with van der Waals surface area (Å²) >= 11 is 9.19. The first-order chi connectivity index (χ1) is 15.9. The van der Waals surface area contributed by atoms with Crippen molar-refractivity contribution in [3.63, 3.8) is 0 Å². The van der Waals surface area contributed by atoms with Gasteiger partial charge in [0, 0.05) is 15.1 Å². The molecule has 0 aliphatic carbocycles. The number of carbonyl (C=O) groups is 2. The first-order valence-electron chi connectivity index (χ1n) is 9.89. The minimum absolute atomic E-state index is 0.225. The molecule has 1 amide bonds. The van der Waals surface area contributed by atoms with Gasteiger partial charge in [0.2, 0.25) is 0 Å². The third-order valence-corrected chi connectivity index (χ3v) is 4.90. The van der Waals surface area contributed by atoms with Gasteiger partial charge in [0.1, 0.15) is 17.2 Å². The molecule has 0 saturated carbocycles. The molecule has 0 radical (unpaired) electrons. The lowest BCUT2D eigenvalue weighted by atomic mass is 10.2. The van der Waals surface area contributed by atoms with Crippen LogP contribution in [-0.2, 0) is 4.79 Å². The van der Waals surface area contributed by atoms with Gasteiger partial charge in [-0.2, -0.15) is 5.10 Å². The molecule has 7 nitrogen and oxygen atoms in total. The summed E-state index contributed by atoms with van der Waals surface area (Å²) in [5.74, 6) is 0.474. The van der Waals surface area contributed by atoms with Crippen LogP contribution in [-0.4, -0.2) is 31.3 Å². The third-order valence-electron chi connectivity index (χ3n) is 4.15. The van der Waals surface area contributed by atoms with Crippen LogP contribution in [0.5, 0.6) is 17.2 Å². The van der Waals surface area contributed by atoms with E-state index < -0.39 is 11.9 Å². The number of nitrogens with zero attached hydrogens (tertiary/aromatic N) is 1. The van der Waals surface area contributed by atoms with Crippen LogP contribution >= 0.6 is 27.5 Å². The normalized spacial score (nSPS) is 10.6. The highest BCUT2D eigenvalue weighted by molar-refractivity contribution is 9.10. The lowest BCUT2D eigenvalue weighted by Gasteiger charge is -2.09. The van der Waals surface area contributed by atoms with E-state index in [1.165, 1.54) is 6.21 Å². The van der Waals surface area contributed by atoms with Gasteiger partial charge >= 0.3 is 5.97 Å². The quantitative estimate of drug-likeness (QED) is 0.176. The molecule has 0 heterocycles. The second kappa shape index (κ2) is 12.0. The highest BCUT2D eigenvalue weighted by atomic mass is 79.9. The number of benzene rings is 3. The zero-order valence-corrected chi connectivity index (χ0v) is 19.9. The Morgan fingerprint density at radius 2 is 1.67 bits per heavy atom. The first-order valence-corrected chi connectivity index (χ1v) is 11.1.